The largest absolute Gasteiger partial charge is 0.388 e. The Kier molecular flexibility index (Phi) is 2.91. The lowest BCUT2D eigenvalue weighted by atomic mass is 9.96. The average molecular weight is 211 g/mol. The van der Waals surface area contributed by atoms with Crippen LogP contribution in [0.2, 0.25) is 0 Å². The highest BCUT2D eigenvalue weighted by Crippen LogP contribution is 2.26. The minimum absolute atomic E-state index is 0.491. The van der Waals surface area contributed by atoms with E-state index in [-0.39, 0.29) is 0 Å². The van der Waals surface area contributed by atoms with Crippen LogP contribution < -0.4 is 5.32 Å². The maximum atomic E-state index is 10.2. The van der Waals surface area contributed by atoms with Crippen molar-refractivity contribution in [3.8, 4) is 0 Å². The van der Waals surface area contributed by atoms with Crippen molar-refractivity contribution in [2.75, 3.05) is 13.1 Å². The predicted molar refractivity (Wildman–Crippen MR) is 59.8 cm³/mol. The van der Waals surface area contributed by atoms with E-state index < -0.39 is 5.60 Å². The Hall–Kier alpha value is -0.380. The fourth-order valence-electron chi connectivity index (χ4n) is 2.02. The van der Waals surface area contributed by atoms with Gasteiger partial charge in [-0.3, -0.25) is 0 Å². The van der Waals surface area contributed by atoms with Crippen LogP contribution in [0.25, 0.3) is 0 Å². The number of thiophene rings is 1. The van der Waals surface area contributed by atoms with Gasteiger partial charge in [-0.25, -0.2) is 0 Å². The van der Waals surface area contributed by atoms with Gasteiger partial charge in [-0.1, -0.05) is 6.92 Å². The summed E-state index contributed by atoms with van der Waals surface area (Å²) in [6.07, 6.45) is 2.78. The molecule has 2 heterocycles. The van der Waals surface area contributed by atoms with Crippen LogP contribution in [0.5, 0.6) is 0 Å². The van der Waals surface area contributed by atoms with Crippen molar-refractivity contribution in [1.29, 1.82) is 0 Å². The molecule has 1 unspecified atom stereocenters. The smallest absolute Gasteiger partial charge is 0.0831 e. The molecule has 2 nitrogen and oxygen atoms in total. The lowest BCUT2D eigenvalue weighted by molar-refractivity contribution is 0.0625. The second-order valence-corrected chi connectivity index (χ2v) is 5.05. The van der Waals surface area contributed by atoms with Gasteiger partial charge in [0.1, 0.15) is 0 Å². The number of β-amino-alcohol motifs (C(OH)–C–C–N with tert-alkyl or cyclic N) is 1. The molecule has 1 aromatic heterocycles. The van der Waals surface area contributed by atoms with Crippen LogP contribution in [0, 0.1) is 0 Å². The molecular weight excluding hydrogens is 194 g/mol. The summed E-state index contributed by atoms with van der Waals surface area (Å²) >= 11 is 1.77. The normalized spacial score (nSPS) is 27.0. The van der Waals surface area contributed by atoms with E-state index in [0.29, 0.717) is 0 Å². The van der Waals surface area contributed by atoms with Crippen molar-refractivity contribution < 1.29 is 5.11 Å². The number of nitrogens with one attached hydrogen (secondary N) is 1. The van der Waals surface area contributed by atoms with Gasteiger partial charge in [0.25, 0.3) is 0 Å². The van der Waals surface area contributed by atoms with Crippen LogP contribution in [0.3, 0.4) is 0 Å². The van der Waals surface area contributed by atoms with Crippen molar-refractivity contribution in [2.45, 2.75) is 31.8 Å². The van der Waals surface area contributed by atoms with Crippen molar-refractivity contribution in [2.24, 2.45) is 0 Å². The van der Waals surface area contributed by atoms with Gasteiger partial charge in [0.15, 0.2) is 0 Å². The van der Waals surface area contributed by atoms with Gasteiger partial charge in [-0.2, -0.15) is 0 Å². The molecule has 14 heavy (non-hydrogen) atoms. The van der Waals surface area contributed by atoms with Gasteiger partial charge >= 0.3 is 0 Å². The van der Waals surface area contributed by atoms with Gasteiger partial charge in [0.05, 0.1) is 5.60 Å². The van der Waals surface area contributed by atoms with Crippen LogP contribution >= 0.6 is 11.3 Å². The van der Waals surface area contributed by atoms with E-state index in [1.807, 2.05) is 0 Å². The van der Waals surface area contributed by atoms with Crippen LogP contribution in [-0.4, -0.2) is 23.8 Å². The molecule has 0 spiro atoms. The maximum absolute atomic E-state index is 10.2. The zero-order valence-electron chi connectivity index (χ0n) is 8.55. The fraction of sp³-hybridized carbons (Fsp3) is 0.636. The first kappa shape index (κ1) is 10.1. The van der Waals surface area contributed by atoms with Crippen molar-refractivity contribution in [3.05, 3.63) is 21.9 Å². The maximum Gasteiger partial charge on any atom is 0.0831 e. The Balaban J connectivity index is 2.09. The van der Waals surface area contributed by atoms with Crippen molar-refractivity contribution >= 4 is 11.3 Å². The summed E-state index contributed by atoms with van der Waals surface area (Å²) in [7, 11) is 0. The molecule has 0 aliphatic carbocycles. The third-order valence-electron chi connectivity index (χ3n) is 2.93. The lowest BCUT2D eigenvalue weighted by Gasteiger charge is -2.20. The second-order valence-electron chi connectivity index (χ2n) is 4.05. The molecule has 78 valence electrons. The summed E-state index contributed by atoms with van der Waals surface area (Å²) in [6, 6.07) is 2.17. The topological polar surface area (TPSA) is 32.3 Å². The Morgan fingerprint density at radius 1 is 1.64 bits per heavy atom. The van der Waals surface area contributed by atoms with Crippen LogP contribution in [0.15, 0.2) is 11.4 Å². The summed E-state index contributed by atoms with van der Waals surface area (Å²) in [5, 5.41) is 15.6. The first-order valence-electron chi connectivity index (χ1n) is 5.22. The second kappa shape index (κ2) is 4.01. The SMILES string of the molecule is CCc1ccsc1CC1(O)CCNC1. The van der Waals surface area contributed by atoms with Gasteiger partial charge < -0.3 is 10.4 Å². The van der Waals surface area contributed by atoms with E-state index in [9.17, 15) is 5.11 Å². The van der Waals surface area contributed by atoms with Gasteiger partial charge in [0.2, 0.25) is 0 Å². The molecule has 0 bridgehead atoms. The molecule has 1 saturated heterocycles. The number of hydrogen-bond donors (Lipinski definition) is 2. The summed E-state index contributed by atoms with van der Waals surface area (Å²) in [4.78, 5) is 1.36. The van der Waals surface area contributed by atoms with E-state index in [1.165, 1.54) is 10.4 Å². The van der Waals surface area contributed by atoms with Gasteiger partial charge in [-0.05, 0) is 36.4 Å². The number of aryl methyl sites for hydroxylation is 1. The third kappa shape index (κ3) is 2.00. The molecule has 0 saturated carbocycles. The van der Waals surface area contributed by atoms with Crippen LogP contribution in [-0.2, 0) is 12.8 Å². The highest BCUT2D eigenvalue weighted by atomic mass is 32.1. The van der Waals surface area contributed by atoms with E-state index in [1.54, 1.807) is 11.3 Å². The molecule has 1 aliphatic heterocycles. The van der Waals surface area contributed by atoms with E-state index in [0.717, 1.165) is 32.4 Å². The molecule has 2 rings (SSSR count). The highest BCUT2D eigenvalue weighted by molar-refractivity contribution is 7.10. The first-order valence-corrected chi connectivity index (χ1v) is 6.10. The predicted octanol–water partition coefficient (Wildman–Crippen LogP) is 1.58. The fourth-order valence-corrected chi connectivity index (χ4v) is 3.13. The van der Waals surface area contributed by atoms with Gasteiger partial charge in [0, 0.05) is 17.8 Å². The Bertz CT molecular complexity index is 302. The summed E-state index contributed by atoms with van der Waals surface area (Å²) in [6.45, 7) is 3.86. The zero-order valence-corrected chi connectivity index (χ0v) is 9.36. The minimum atomic E-state index is -0.491. The van der Waals surface area contributed by atoms with E-state index >= 15 is 0 Å². The lowest BCUT2D eigenvalue weighted by Crippen LogP contribution is -2.33. The summed E-state index contributed by atoms with van der Waals surface area (Å²) in [5.74, 6) is 0. The Morgan fingerprint density at radius 2 is 2.50 bits per heavy atom. The van der Waals surface area contributed by atoms with E-state index in [4.69, 9.17) is 0 Å². The molecule has 0 radical (unpaired) electrons. The zero-order chi connectivity index (χ0) is 10.0. The van der Waals surface area contributed by atoms with Crippen LogP contribution in [0.4, 0.5) is 0 Å². The van der Waals surface area contributed by atoms with Crippen molar-refractivity contribution in [1.82, 2.24) is 5.32 Å². The quantitative estimate of drug-likeness (QED) is 0.795. The Labute approximate surface area is 89.0 Å². The molecule has 1 aliphatic rings. The monoisotopic (exact) mass is 211 g/mol. The van der Waals surface area contributed by atoms with Crippen LogP contribution in [0.1, 0.15) is 23.8 Å². The molecule has 1 fully saturated rings. The Morgan fingerprint density at radius 3 is 3.14 bits per heavy atom. The first-order chi connectivity index (χ1) is 6.73. The average Bonchev–Trinajstić information content (AvgIpc) is 2.75. The third-order valence-corrected chi connectivity index (χ3v) is 3.89. The molecule has 2 N–H and O–H groups in total. The van der Waals surface area contributed by atoms with E-state index in [2.05, 4.69) is 23.7 Å². The number of aliphatic hydroxyl groups is 1. The highest BCUT2D eigenvalue weighted by Gasteiger charge is 2.31. The van der Waals surface area contributed by atoms with Crippen molar-refractivity contribution in [3.63, 3.8) is 0 Å². The molecular formula is C11H17NOS. The summed E-state index contributed by atoms with van der Waals surface area (Å²) in [5.41, 5.74) is 0.907. The standard InChI is InChI=1S/C11H17NOS/c1-2-9-3-6-14-10(9)7-11(13)4-5-12-8-11/h3,6,12-13H,2,4-5,7-8H2,1H3. The summed E-state index contributed by atoms with van der Waals surface area (Å²) < 4.78 is 0. The number of hydrogen-bond acceptors (Lipinski definition) is 3. The number of rotatable bonds is 3. The molecule has 1 aromatic rings. The van der Waals surface area contributed by atoms with Gasteiger partial charge in [-0.15, -0.1) is 11.3 Å². The minimum Gasteiger partial charge on any atom is -0.388 e. The molecule has 3 heteroatoms. The molecule has 0 amide bonds. The molecule has 1 atom stereocenters. The molecule has 0 aromatic carbocycles.